The first kappa shape index (κ1) is 13.8. The third kappa shape index (κ3) is 4.24. The Morgan fingerprint density at radius 3 is 2.75 bits per heavy atom. The minimum absolute atomic E-state index is 0.243. The number of aromatic amines is 1. The van der Waals surface area contributed by atoms with Crippen LogP contribution < -0.4 is 5.32 Å². The fraction of sp³-hybridized carbons (Fsp3) is 0.214. The number of carbonyl (C=O) groups is 2. The molecule has 6 nitrogen and oxygen atoms in total. The van der Waals surface area contributed by atoms with Crippen LogP contribution in [0.3, 0.4) is 0 Å². The Morgan fingerprint density at radius 1 is 1.25 bits per heavy atom. The smallest absolute Gasteiger partial charge is 0.414 e. The highest BCUT2D eigenvalue weighted by Gasteiger charge is 2.10. The zero-order valence-electron chi connectivity index (χ0n) is 10.8. The van der Waals surface area contributed by atoms with Crippen LogP contribution in [0.2, 0.25) is 0 Å². The molecule has 0 aliphatic heterocycles. The van der Waals surface area contributed by atoms with Crippen molar-refractivity contribution >= 4 is 12.0 Å². The van der Waals surface area contributed by atoms with E-state index >= 15 is 0 Å². The summed E-state index contributed by atoms with van der Waals surface area (Å²) in [4.78, 5) is 29.9. The van der Waals surface area contributed by atoms with Gasteiger partial charge < -0.3 is 9.72 Å². The predicted octanol–water partition coefficient (Wildman–Crippen LogP) is 1.91. The Morgan fingerprint density at radius 2 is 2.05 bits per heavy atom. The lowest BCUT2D eigenvalue weighted by Gasteiger charge is -2.05. The highest BCUT2D eigenvalue weighted by atomic mass is 16.5. The zero-order chi connectivity index (χ0) is 14.2. The van der Waals surface area contributed by atoms with Gasteiger partial charge in [0.15, 0.2) is 0 Å². The van der Waals surface area contributed by atoms with Crippen LogP contribution in [0.4, 0.5) is 4.79 Å². The number of aryl methyl sites for hydroxylation is 1. The molecule has 2 amide bonds. The van der Waals surface area contributed by atoms with Crippen molar-refractivity contribution in [2.24, 2.45) is 0 Å². The minimum atomic E-state index is -0.733. The van der Waals surface area contributed by atoms with E-state index in [1.807, 2.05) is 0 Å². The van der Waals surface area contributed by atoms with Crippen molar-refractivity contribution in [3.8, 4) is 0 Å². The van der Waals surface area contributed by atoms with E-state index in [1.54, 1.807) is 42.9 Å². The van der Waals surface area contributed by atoms with Gasteiger partial charge in [0.1, 0.15) is 0 Å². The molecule has 0 saturated carbocycles. The van der Waals surface area contributed by atoms with E-state index < -0.39 is 12.0 Å². The number of imidazole rings is 1. The summed E-state index contributed by atoms with van der Waals surface area (Å²) in [6.45, 7) is 0.243. The van der Waals surface area contributed by atoms with Gasteiger partial charge >= 0.3 is 6.09 Å². The van der Waals surface area contributed by atoms with Gasteiger partial charge in [-0.05, 0) is 25.0 Å². The average molecular weight is 273 g/mol. The molecule has 0 radical (unpaired) electrons. The van der Waals surface area contributed by atoms with Gasteiger partial charge in [-0.1, -0.05) is 18.2 Å². The number of nitrogens with zero attached hydrogens (tertiary/aromatic N) is 1. The first-order valence-electron chi connectivity index (χ1n) is 6.26. The maximum absolute atomic E-state index is 11.6. The highest BCUT2D eigenvalue weighted by molar-refractivity contribution is 6.02. The second kappa shape index (κ2) is 7.08. The van der Waals surface area contributed by atoms with Crippen LogP contribution in [0.15, 0.2) is 42.9 Å². The van der Waals surface area contributed by atoms with Crippen LogP contribution in [-0.4, -0.2) is 28.6 Å². The molecular weight excluding hydrogens is 258 g/mol. The fourth-order valence-electron chi connectivity index (χ4n) is 1.64. The number of imide groups is 1. The molecule has 2 N–H and O–H groups in total. The summed E-state index contributed by atoms with van der Waals surface area (Å²) < 4.78 is 4.93. The Bertz CT molecular complexity index is 552. The first-order valence-corrected chi connectivity index (χ1v) is 6.26. The van der Waals surface area contributed by atoms with Crippen LogP contribution >= 0.6 is 0 Å². The van der Waals surface area contributed by atoms with E-state index in [-0.39, 0.29) is 6.61 Å². The van der Waals surface area contributed by atoms with Gasteiger partial charge in [0.25, 0.3) is 5.91 Å². The molecule has 0 atom stereocenters. The zero-order valence-corrected chi connectivity index (χ0v) is 10.8. The maximum atomic E-state index is 11.6. The van der Waals surface area contributed by atoms with Crippen LogP contribution in [0.25, 0.3) is 0 Å². The number of carbonyl (C=O) groups excluding carboxylic acids is 2. The lowest BCUT2D eigenvalue weighted by molar-refractivity contribution is 0.0919. The fourth-order valence-corrected chi connectivity index (χ4v) is 1.64. The molecule has 1 aromatic carbocycles. The van der Waals surface area contributed by atoms with E-state index in [0.717, 1.165) is 12.1 Å². The second-order valence-electron chi connectivity index (χ2n) is 4.14. The number of rotatable bonds is 5. The number of hydrogen-bond donors (Lipinski definition) is 2. The SMILES string of the molecule is O=C(NC(=O)c1ccccc1)OCCCc1cnc[nH]1. The maximum Gasteiger partial charge on any atom is 0.414 e. The van der Waals surface area contributed by atoms with E-state index in [0.29, 0.717) is 12.0 Å². The number of ether oxygens (including phenoxy) is 1. The van der Waals surface area contributed by atoms with Crippen molar-refractivity contribution in [3.63, 3.8) is 0 Å². The largest absolute Gasteiger partial charge is 0.449 e. The summed E-state index contributed by atoms with van der Waals surface area (Å²) in [6, 6.07) is 8.50. The molecule has 20 heavy (non-hydrogen) atoms. The molecule has 0 bridgehead atoms. The Kier molecular flexibility index (Phi) is 4.88. The number of aromatic nitrogens is 2. The van der Waals surface area contributed by atoms with E-state index in [9.17, 15) is 9.59 Å². The summed E-state index contributed by atoms with van der Waals surface area (Å²) >= 11 is 0. The molecule has 0 saturated heterocycles. The van der Waals surface area contributed by atoms with E-state index in [2.05, 4.69) is 15.3 Å². The standard InChI is InChI=1S/C14H15N3O3/c18-13(11-5-2-1-3-6-11)17-14(19)20-8-4-7-12-9-15-10-16-12/h1-3,5-6,9-10H,4,7-8H2,(H,15,16)(H,17,18,19). The quantitative estimate of drug-likeness (QED) is 0.815. The lowest BCUT2D eigenvalue weighted by Crippen LogP contribution is -2.31. The van der Waals surface area contributed by atoms with Gasteiger partial charge in [0.2, 0.25) is 0 Å². The van der Waals surface area contributed by atoms with Gasteiger partial charge in [0.05, 0.1) is 12.9 Å². The van der Waals surface area contributed by atoms with Crippen molar-refractivity contribution in [3.05, 3.63) is 54.1 Å². The van der Waals surface area contributed by atoms with Gasteiger partial charge in [-0.15, -0.1) is 0 Å². The molecule has 2 rings (SSSR count). The monoisotopic (exact) mass is 273 g/mol. The van der Waals surface area contributed by atoms with E-state index in [4.69, 9.17) is 4.74 Å². The molecule has 1 heterocycles. The highest BCUT2D eigenvalue weighted by Crippen LogP contribution is 1.99. The third-order valence-corrected chi connectivity index (χ3v) is 2.63. The number of benzene rings is 1. The summed E-state index contributed by atoms with van der Waals surface area (Å²) in [6.07, 6.45) is 3.98. The Labute approximate surface area is 116 Å². The number of nitrogens with one attached hydrogen (secondary N) is 2. The van der Waals surface area contributed by atoms with Crippen LogP contribution in [-0.2, 0) is 11.2 Å². The summed E-state index contributed by atoms with van der Waals surface area (Å²) in [5, 5.41) is 2.17. The lowest BCUT2D eigenvalue weighted by atomic mass is 10.2. The third-order valence-electron chi connectivity index (χ3n) is 2.63. The number of H-pyrrole nitrogens is 1. The summed E-state index contributed by atoms with van der Waals surface area (Å²) in [5.74, 6) is -0.468. The first-order chi connectivity index (χ1) is 9.75. The summed E-state index contributed by atoms with van der Waals surface area (Å²) in [7, 11) is 0. The van der Waals surface area contributed by atoms with Gasteiger partial charge in [-0.25, -0.2) is 9.78 Å². The van der Waals surface area contributed by atoms with Gasteiger partial charge in [-0.3, -0.25) is 10.1 Å². The topological polar surface area (TPSA) is 84.1 Å². The molecule has 0 aliphatic rings. The van der Waals surface area contributed by atoms with Crippen molar-refractivity contribution < 1.29 is 14.3 Å². The predicted molar refractivity (Wildman–Crippen MR) is 72.2 cm³/mol. The van der Waals surface area contributed by atoms with Crippen LogP contribution in [0.1, 0.15) is 22.5 Å². The van der Waals surface area contributed by atoms with Gasteiger partial charge in [0, 0.05) is 17.5 Å². The molecule has 2 aromatic rings. The molecular formula is C14H15N3O3. The van der Waals surface area contributed by atoms with Crippen molar-refractivity contribution in [2.75, 3.05) is 6.61 Å². The molecule has 0 aliphatic carbocycles. The number of alkyl carbamates (subject to hydrolysis) is 1. The van der Waals surface area contributed by atoms with Crippen molar-refractivity contribution in [2.45, 2.75) is 12.8 Å². The normalized spacial score (nSPS) is 10.0. The Balaban J connectivity index is 1.66. The summed E-state index contributed by atoms with van der Waals surface area (Å²) in [5.41, 5.74) is 1.40. The molecule has 0 unspecified atom stereocenters. The molecule has 6 heteroatoms. The van der Waals surface area contributed by atoms with Crippen molar-refractivity contribution in [1.82, 2.24) is 15.3 Å². The molecule has 0 fully saturated rings. The number of hydrogen-bond acceptors (Lipinski definition) is 4. The Hall–Kier alpha value is -2.63. The van der Waals surface area contributed by atoms with Crippen molar-refractivity contribution in [1.29, 1.82) is 0 Å². The van der Waals surface area contributed by atoms with Gasteiger partial charge in [-0.2, -0.15) is 0 Å². The molecule has 0 spiro atoms. The minimum Gasteiger partial charge on any atom is -0.449 e. The molecule has 1 aromatic heterocycles. The number of amides is 2. The average Bonchev–Trinajstić information content (AvgIpc) is 2.98. The van der Waals surface area contributed by atoms with E-state index in [1.165, 1.54) is 0 Å². The van der Waals surface area contributed by atoms with Crippen LogP contribution in [0.5, 0.6) is 0 Å². The van der Waals surface area contributed by atoms with Crippen LogP contribution in [0, 0.1) is 0 Å². The second-order valence-corrected chi connectivity index (χ2v) is 4.14. The molecule has 104 valence electrons.